The van der Waals surface area contributed by atoms with E-state index in [-0.39, 0.29) is 6.04 Å². The normalized spacial score (nSPS) is 13.2. The van der Waals surface area contributed by atoms with Gasteiger partial charge in [0.1, 0.15) is 5.76 Å². The molecule has 1 unspecified atom stereocenters. The first-order valence-electron chi connectivity index (χ1n) is 5.79. The Bertz CT molecular complexity index is 625. The van der Waals surface area contributed by atoms with Crippen molar-refractivity contribution in [3.63, 3.8) is 0 Å². The van der Waals surface area contributed by atoms with E-state index in [1.54, 1.807) is 17.5 Å². The molecule has 0 spiro atoms. The van der Waals surface area contributed by atoms with Gasteiger partial charge >= 0.3 is 0 Å². The SMILES string of the molecule is Cc1cnc(C(C)NCc2cn3ccsc3n2)o1. The van der Waals surface area contributed by atoms with Crippen molar-refractivity contribution in [3.05, 3.63) is 41.3 Å². The summed E-state index contributed by atoms with van der Waals surface area (Å²) >= 11 is 1.64. The van der Waals surface area contributed by atoms with E-state index < -0.39 is 0 Å². The summed E-state index contributed by atoms with van der Waals surface area (Å²) in [6.07, 6.45) is 5.78. The summed E-state index contributed by atoms with van der Waals surface area (Å²) in [6, 6.07) is 0.0819. The van der Waals surface area contributed by atoms with E-state index >= 15 is 0 Å². The van der Waals surface area contributed by atoms with Gasteiger partial charge in [0, 0.05) is 24.3 Å². The minimum absolute atomic E-state index is 0.0819. The Morgan fingerprint density at radius 1 is 1.56 bits per heavy atom. The Morgan fingerprint density at radius 3 is 3.17 bits per heavy atom. The number of hydrogen-bond acceptors (Lipinski definition) is 5. The Kier molecular flexibility index (Phi) is 2.89. The minimum atomic E-state index is 0.0819. The van der Waals surface area contributed by atoms with E-state index in [4.69, 9.17) is 4.42 Å². The van der Waals surface area contributed by atoms with Crippen LogP contribution >= 0.6 is 11.3 Å². The molecule has 1 atom stereocenters. The lowest BCUT2D eigenvalue weighted by molar-refractivity contribution is 0.401. The molecule has 0 saturated carbocycles. The van der Waals surface area contributed by atoms with Gasteiger partial charge in [-0.3, -0.25) is 4.40 Å². The molecule has 3 aromatic rings. The van der Waals surface area contributed by atoms with Crippen LogP contribution in [-0.4, -0.2) is 14.4 Å². The lowest BCUT2D eigenvalue weighted by Gasteiger charge is -2.08. The fourth-order valence-corrected chi connectivity index (χ4v) is 2.50. The number of imidazole rings is 1. The van der Waals surface area contributed by atoms with Gasteiger partial charge in [-0.1, -0.05) is 0 Å². The molecule has 0 aromatic carbocycles. The van der Waals surface area contributed by atoms with Gasteiger partial charge in [0.2, 0.25) is 5.89 Å². The van der Waals surface area contributed by atoms with E-state index in [9.17, 15) is 0 Å². The zero-order chi connectivity index (χ0) is 12.5. The van der Waals surface area contributed by atoms with E-state index in [1.807, 2.05) is 36.0 Å². The summed E-state index contributed by atoms with van der Waals surface area (Å²) in [6.45, 7) is 4.63. The van der Waals surface area contributed by atoms with E-state index in [2.05, 4.69) is 15.3 Å². The average molecular weight is 262 g/mol. The standard InChI is InChI=1S/C12H14N4OS/c1-8-5-14-11(17-8)9(2)13-6-10-7-16-3-4-18-12(16)15-10/h3-5,7,9,13H,6H2,1-2H3. The summed E-state index contributed by atoms with van der Waals surface area (Å²) in [5.41, 5.74) is 1.02. The van der Waals surface area contributed by atoms with Crippen molar-refractivity contribution in [1.82, 2.24) is 19.7 Å². The molecule has 0 aliphatic rings. The van der Waals surface area contributed by atoms with Crippen molar-refractivity contribution >= 4 is 16.3 Å². The maximum absolute atomic E-state index is 5.48. The molecule has 0 amide bonds. The van der Waals surface area contributed by atoms with Crippen molar-refractivity contribution in [1.29, 1.82) is 0 Å². The van der Waals surface area contributed by atoms with Gasteiger partial charge in [-0.15, -0.1) is 11.3 Å². The van der Waals surface area contributed by atoms with Crippen molar-refractivity contribution in [2.75, 3.05) is 0 Å². The molecule has 18 heavy (non-hydrogen) atoms. The Balaban J connectivity index is 1.65. The van der Waals surface area contributed by atoms with Crippen LogP contribution in [0.4, 0.5) is 0 Å². The number of rotatable bonds is 4. The van der Waals surface area contributed by atoms with Gasteiger partial charge in [0.15, 0.2) is 4.96 Å². The van der Waals surface area contributed by atoms with Gasteiger partial charge < -0.3 is 9.73 Å². The van der Waals surface area contributed by atoms with Crippen molar-refractivity contribution in [2.24, 2.45) is 0 Å². The van der Waals surface area contributed by atoms with Crippen LogP contribution in [0, 0.1) is 6.92 Å². The Labute approximate surface area is 108 Å². The monoisotopic (exact) mass is 262 g/mol. The highest BCUT2D eigenvalue weighted by atomic mass is 32.1. The number of hydrogen-bond donors (Lipinski definition) is 1. The number of fused-ring (bicyclic) bond motifs is 1. The van der Waals surface area contributed by atoms with Crippen LogP contribution in [0.2, 0.25) is 0 Å². The number of thiazole rings is 1. The zero-order valence-electron chi connectivity index (χ0n) is 10.3. The predicted molar refractivity (Wildman–Crippen MR) is 69.6 cm³/mol. The average Bonchev–Trinajstić information content (AvgIpc) is 3.00. The lowest BCUT2D eigenvalue weighted by Crippen LogP contribution is -2.18. The van der Waals surface area contributed by atoms with Crippen LogP contribution < -0.4 is 5.32 Å². The minimum Gasteiger partial charge on any atom is -0.444 e. The molecule has 3 heterocycles. The third kappa shape index (κ3) is 2.16. The molecule has 94 valence electrons. The van der Waals surface area contributed by atoms with Gasteiger partial charge in [0.25, 0.3) is 0 Å². The fraction of sp³-hybridized carbons (Fsp3) is 0.333. The second-order valence-electron chi connectivity index (χ2n) is 4.24. The summed E-state index contributed by atoms with van der Waals surface area (Å²) in [5.74, 6) is 1.55. The van der Waals surface area contributed by atoms with Crippen LogP contribution in [0.5, 0.6) is 0 Å². The smallest absolute Gasteiger partial charge is 0.211 e. The maximum Gasteiger partial charge on any atom is 0.211 e. The van der Waals surface area contributed by atoms with Crippen LogP contribution in [0.15, 0.2) is 28.4 Å². The van der Waals surface area contributed by atoms with Gasteiger partial charge in [0.05, 0.1) is 17.9 Å². The van der Waals surface area contributed by atoms with Crippen LogP contribution in [0.3, 0.4) is 0 Å². The fourth-order valence-electron chi connectivity index (χ4n) is 1.78. The predicted octanol–water partition coefficient (Wildman–Crippen LogP) is 2.54. The van der Waals surface area contributed by atoms with Crippen LogP contribution in [0.25, 0.3) is 4.96 Å². The third-order valence-electron chi connectivity index (χ3n) is 2.74. The van der Waals surface area contributed by atoms with Crippen LogP contribution in [-0.2, 0) is 6.54 Å². The first-order chi connectivity index (χ1) is 8.72. The molecule has 0 aliphatic heterocycles. The van der Waals surface area contributed by atoms with Crippen molar-refractivity contribution in [3.8, 4) is 0 Å². The molecule has 5 nitrogen and oxygen atoms in total. The van der Waals surface area contributed by atoms with E-state index in [1.165, 1.54) is 0 Å². The van der Waals surface area contributed by atoms with Crippen molar-refractivity contribution < 1.29 is 4.42 Å². The van der Waals surface area contributed by atoms with Crippen molar-refractivity contribution in [2.45, 2.75) is 26.4 Å². The number of aryl methyl sites for hydroxylation is 1. The van der Waals surface area contributed by atoms with E-state index in [0.29, 0.717) is 12.4 Å². The van der Waals surface area contributed by atoms with E-state index in [0.717, 1.165) is 16.4 Å². The van der Waals surface area contributed by atoms with Crippen LogP contribution in [0.1, 0.15) is 30.3 Å². The molecule has 0 aliphatic carbocycles. The number of aromatic nitrogens is 3. The van der Waals surface area contributed by atoms with Gasteiger partial charge in [-0.25, -0.2) is 9.97 Å². The first-order valence-corrected chi connectivity index (χ1v) is 6.67. The second-order valence-corrected chi connectivity index (χ2v) is 5.11. The molecule has 6 heteroatoms. The molecular weight excluding hydrogens is 248 g/mol. The maximum atomic E-state index is 5.48. The lowest BCUT2D eigenvalue weighted by atomic mass is 10.3. The molecule has 3 aromatic heterocycles. The topological polar surface area (TPSA) is 55.4 Å². The molecule has 0 saturated heterocycles. The number of nitrogens with one attached hydrogen (secondary N) is 1. The molecule has 0 radical (unpaired) electrons. The number of oxazole rings is 1. The summed E-state index contributed by atoms with van der Waals surface area (Å²) in [4.78, 5) is 9.74. The molecular formula is C12H14N4OS. The summed E-state index contributed by atoms with van der Waals surface area (Å²) in [5, 5.41) is 5.38. The highest BCUT2D eigenvalue weighted by Crippen LogP contribution is 2.14. The molecule has 1 N–H and O–H groups in total. The molecule has 0 fully saturated rings. The second kappa shape index (κ2) is 4.55. The first kappa shape index (κ1) is 11.4. The largest absolute Gasteiger partial charge is 0.444 e. The molecule has 0 bridgehead atoms. The molecule has 3 rings (SSSR count). The number of nitrogens with zero attached hydrogens (tertiary/aromatic N) is 3. The Morgan fingerprint density at radius 2 is 2.44 bits per heavy atom. The summed E-state index contributed by atoms with van der Waals surface area (Å²) < 4.78 is 7.51. The quantitative estimate of drug-likeness (QED) is 0.785. The summed E-state index contributed by atoms with van der Waals surface area (Å²) in [7, 11) is 0. The highest BCUT2D eigenvalue weighted by molar-refractivity contribution is 7.15. The van der Waals surface area contributed by atoms with Gasteiger partial charge in [-0.05, 0) is 13.8 Å². The third-order valence-corrected chi connectivity index (χ3v) is 3.51. The van der Waals surface area contributed by atoms with Gasteiger partial charge in [-0.2, -0.15) is 0 Å². The zero-order valence-corrected chi connectivity index (χ0v) is 11.1. The highest BCUT2D eigenvalue weighted by Gasteiger charge is 2.11. The Hall–Kier alpha value is -1.66.